The molecule has 0 bridgehead atoms. The lowest BCUT2D eigenvalue weighted by Gasteiger charge is -2.06. The number of aliphatic hydroxyl groups excluding tert-OH is 1. The Balaban J connectivity index is 3.12. The Bertz CT molecular complexity index is 362. The summed E-state index contributed by atoms with van der Waals surface area (Å²) in [7, 11) is 0. The molecule has 0 aliphatic heterocycles. The van der Waals surface area contributed by atoms with Gasteiger partial charge in [0.2, 0.25) is 0 Å². The first-order chi connectivity index (χ1) is 6.02. The van der Waals surface area contributed by atoms with E-state index >= 15 is 0 Å². The zero-order valence-corrected chi connectivity index (χ0v) is 10.0. The second kappa shape index (κ2) is 4.34. The third-order valence-electron chi connectivity index (χ3n) is 1.38. The van der Waals surface area contributed by atoms with Crippen LogP contribution in [0.25, 0.3) is 0 Å². The minimum Gasteiger partial charge on any atom is -0.391 e. The molecule has 0 aliphatic carbocycles. The number of hydrogen-bond donors (Lipinski definition) is 1. The fourth-order valence-corrected chi connectivity index (χ4v) is 1.39. The zero-order chi connectivity index (χ0) is 10.0. The van der Waals surface area contributed by atoms with Gasteiger partial charge in [-0.05, 0) is 38.8 Å². The van der Waals surface area contributed by atoms with E-state index < -0.39 is 6.10 Å². The largest absolute Gasteiger partial charge is 0.391 e. The fraction of sp³-hybridized carbons (Fsp3) is 0.429. The Morgan fingerprint density at radius 1 is 1.69 bits per heavy atom. The predicted molar refractivity (Wildman–Crippen MR) is 55.6 cm³/mol. The molecule has 0 saturated heterocycles. The maximum absolute atomic E-state index is 11.4. The number of aliphatic hydroxyl groups is 1. The highest BCUT2D eigenvalue weighted by atomic mass is 79.9. The minimum absolute atomic E-state index is 0.199. The number of rotatable bonds is 2. The maximum Gasteiger partial charge on any atom is 0.282 e. The molecule has 0 amide bonds. The summed E-state index contributed by atoms with van der Waals surface area (Å²) in [6, 6.07) is 0. The molecule has 0 aromatic carbocycles. The molecule has 0 fully saturated rings. The summed E-state index contributed by atoms with van der Waals surface area (Å²) < 4.78 is 2.24. The van der Waals surface area contributed by atoms with Gasteiger partial charge in [-0.1, -0.05) is 0 Å². The smallest absolute Gasteiger partial charge is 0.282 e. The topological polar surface area (TPSA) is 55.1 Å². The van der Waals surface area contributed by atoms with Crippen LogP contribution in [0.5, 0.6) is 0 Å². The lowest BCUT2D eigenvalue weighted by molar-refractivity contribution is 0.166. The van der Waals surface area contributed by atoms with E-state index in [0.717, 1.165) is 0 Å². The van der Waals surface area contributed by atoms with Crippen LogP contribution in [-0.4, -0.2) is 21.0 Å². The van der Waals surface area contributed by atoms with Gasteiger partial charge in [0.15, 0.2) is 0 Å². The maximum atomic E-state index is 11.4. The Hall–Kier alpha value is -0.200. The number of hydrogen-bond acceptors (Lipinski definition) is 3. The van der Waals surface area contributed by atoms with E-state index in [1.807, 2.05) is 0 Å². The first-order valence-electron chi connectivity index (χ1n) is 3.61. The van der Waals surface area contributed by atoms with Crippen molar-refractivity contribution in [3.05, 3.63) is 25.5 Å². The van der Waals surface area contributed by atoms with E-state index in [-0.39, 0.29) is 12.1 Å². The van der Waals surface area contributed by atoms with Crippen LogP contribution in [0, 0.1) is 0 Å². The third-order valence-corrected chi connectivity index (χ3v) is 3.28. The van der Waals surface area contributed by atoms with Gasteiger partial charge in [-0.3, -0.25) is 4.79 Å². The molecule has 0 saturated carbocycles. The first kappa shape index (κ1) is 10.9. The van der Waals surface area contributed by atoms with Crippen molar-refractivity contribution < 1.29 is 5.11 Å². The van der Waals surface area contributed by atoms with Crippen LogP contribution >= 0.6 is 31.9 Å². The molecule has 1 rings (SSSR count). The number of aromatic nitrogens is 2. The van der Waals surface area contributed by atoms with Gasteiger partial charge in [-0.2, -0.15) is 5.10 Å². The number of nitrogens with zero attached hydrogens (tertiary/aromatic N) is 2. The quantitative estimate of drug-likeness (QED) is 0.891. The first-order valence-corrected chi connectivity index (χ1v) is 5.20. The van der Waals surface area contributed by atoms with Crippen molar-refractivity contribution in [2.24, 2.45) is 0 Å². The van der Waals surface area contributed by atoms with Gasteiger partial charge in [0.25, 0.3) is 5.56 Å². The minimum atomic E-state index is -0.585. The summed E-state index contributed by atoms with van der Waals surface area (Å²) in [5.74, 6) is 0. The monoisotopic (exact) mass is 310 g/mol. The lowest BCUT2D eigenvalue weighted by Crippen LogP contribution is -2.27. The van der Waals surface area contributed by atoms with Gasteiger partial charge in [-0.15, -0.1) is 0 Å². The lowest BCUT2D eigenvalue weighted by atomic mass is 10.4. The van der Waals surface area contributed by atoms with Crippen LogP contribution in [0.4, 0.5) is 0 Å². The van der Waals surface area contributed by atoms with Crippen LogP contribution in [0.3, 0.4) is 0 Å². The molecule has 0 spiro atoms. The highest BCUT2D eigenvalue weighted by molar-refractivity contribution is 9.13. The van der Waals surface area contributed by atoms with Crippen LogP contribution in [0.2, 0.25) is 0 Å². The Labute approximate surface area is 91.8 Å². The molecule has 1 aromatic rings. The molecule has 1 N–H and O–H groups in total. The number of halogens is 2. The average Bonchev–Trinajstić information content (AvgIpc) is 2.06. The SMILES string of the molecule is CC(O)Cn1ncc(Br)c(Br)c1=O. The summed E-state index contributed by atoms with van der Waals surface area (Å²) in [5, 5.41) is 12.9. The molecule has 1 heterocycles. The van der Waals surface area contributed by atoms with E-state index in [1.165, 1.54) is 10.9 Å². The molecular weight excluding hydrogens is 304 g/mol. The third kappa shape index (κ3) is 2.62. The van der Waals surface area contributed by atoms with Crippen molar-refractivity contribution in [2.45, 2.75) is 19.6 Å². The van der Waals surface area contributed by atoms with E-state index in [2.05, 4.69) is 37.0 Å². The van der Waals surface area contributed by atoms with Gasteiger partial charge in [0.1, 0.15) is 4.47 Å². The molecular formula is C7H8Br2N2O2. The van der Waals surface area contributed by atoms with Gasteiger partial charge in [0.05, 0.1) is 23.3 Å². The summed E-state index contributed by atoms with van der Waals surface area (Å²) >= 11 is 6.28. The highest BCUT2D eigenvalue weighted by Crippen LogP contribution is 2.16. The van der Waals surface area contributed by atoms with E-state index in [9.17, 15) is 4.79 Å². The van der Waals surface area contributed by atoms with Crippen LogP contribution in [-0.2, 0) is 6.54 Å². The molecule has 6 heteroatoms. The summed E-state index contributed by atoms with van der Waals surface area (Å²) in [6.07, 6.45) is 0.923. The summed E-state index contributed by atoms with van der Waals surface area (Å²) in [6.45, 7) is 1.80. The van der Waals surface area contributed by atoms with Crippen LogP contribution in [0.15, 0.2) is 19.9 Å². The van der Waals surface area contributed by atoms with Crippen molar-refractivity contribution >= 4 is 31.9 Å². The normalized spacial score (nSPS) is 12.9. The Morgan fingerprint density at radius 2 is 2.31 bits per heavy atom. The van der Waals surface area contributed by atoms with Gasteiger partial charge >= 0.3 is 0 Å². The molecule has 1 unspecified atom stereocenters. The van der Waals surface area contributed by atoms with Gasteiger partial charge < -0.3 is 5.11 Å². The molecule has 72 valence electrons. The summed E-state index contributed by atoms with van der Waals surface area (Å²) in [4.78, 5) is 11.4. The van der Waals surface area contributed by atoms with Crippen molar-refractivity contribution in [3.63, 3.8) is 0 Å². The average molecular weight is 312 g/mol. The molecule has 0 radical (unpaired) electrons. The second-order valence-corrected chi connectivity index (χ2v) is 4.29. The van der Waals surface area contributed by atoms with Crippen LogP contribution < -0.4 is 5.56 Å². The predicted octanol–water partition coefficient (Wildman–Crippen LogP) is 1.15. The standard InChI is InChI=1S/C7H8Br2N2O2/c1-4(12)3-11-7(13)6(9)5(8)2-10-11/h2,4,12H,3H2,1H3. The van der Waals surface area contributed by atoms with E-state index in [0.29, 0.717) is 8.95 Å². The van der Waals surface area contributed by atoms with Crippen molar-refractivity contribution in [3.8, 4) is 0 Å². The summed E-state index contributed by atoms with van der Waals surface area (Å²) in [5.41, 5.74) is -0.254. The second-order valence-electron chi connectivity index (χ2n) is 2.64. The molecule has 1 atom stereocenters. The van der Waals surface area contributed by atoms with Crippen molar-refractivity contribution in [1.82, 2.24) is 9.78 Å². The van der Waals surface area contributed by atoms with Crippen LogP contribution in [0.1, 0.15) is 6.92 Å². The van der Waals surface area contributed by atoms with E-state index in [4.69, 9.17) is 5.11 Å². The molecule has 13 heavy (non-hydrogen) atoms. The Kier molecular flexibility index (Phi) is 3.63. The van der Waals surface area contributed by atoms with Gasteiger partial charge in [-0.25, -0.2) is 4.68 Å². The molecule has 1 aromatic heterocycles. The van der Waals surface area contributed by atoms with Crippen molar-refractivity contribution in [2.75, 3.05) is 0 Å². The highest BCUT2D eigenvalue weighted by Gasteiger charge is 2.07. The fourth-order valence-electron chi connectivity index (χ4n) is 0.825. The zero-order valence-electron chi connectivity index (χ0n) is 6.87. The molecule has 4 nitrogen and oxygen atoms in total. The van der Waals surface area contributed by atoms with Gasteiger partial charge in [0, 0.05) is 0 Å². The van der Waals surface area contributed by atoms with E-state index in [1.54, 1.807) is 6.92 Å². The molecule has 0 aliphatic rings. The van der Waals surface area contributed by atoms with Crippen molar-refractivity contribution in [1.29, 1.82) is 0 Å². The Morgan fingerprint density at radius 3 is 2.85 bits per heavy atom.